The molecule has 0 amide bonds. The fourth-order valence-electron chi connectivity index (χ4n) is 2.51. The molecular formula is C16H16F3N3O3S. The zero-order valence-electron chi connectivity index (χ0n) is 13.4. The van der Waals surface area contributed by atoms with Gasteiger partial charge in [0.2, 0.25) is 0 Å². The SMILES string of the molecule is Nc1cc(C2CC2)c(S(=O)(=O)Nc2ccc(OC(F)(F)F)cc2)cc1N. The second-order valence-electron chi connectivity index (χ2n) is 5.97. The number of hydrogen-bond donors (Lipinski definition) is 3. The van der Waals surface area contributed by atoms with Crippen molar-refractivity contribution in [2.45, 2.75) is 30.0 Å². The van der Waals surface area contributed by atoms with Crippen LogP contribution in [0.2, 0.25) is 0 Å². The summed E-state index contributed by atoms with van der Waals surface area (Å²) in [6.45, 7) is 0. The molecule has 2 aromatic carbocycles. The van der Waals surface area contributed by atoms with E-state index in [2.05, 4.69) is 9.46 Å². The molecule has 1 saturated carbocycles. The average molecular weight is 387 g/mol. The van der Waals surface area contributed by atoms with Gasteiger partial charge in [0.05, 0.1) is 16.3 Å². The number of nitrogen functional groups attached to an aromatic ring is 2. The van der Waals surface area contributed by atoms with Gasteiger partial charge >= 0.3 is 6.36 Å². The highest BCUT2D eigenvalue weighted by Crippen LogP contribution is 2.44. The molecule has 0 atom stereocenters. The Morgan fingerprint density at radius 2 is 1.62 bits per heavy atom. The summed E-state index contributed by atoms with van der Waals surface area (Å²) in [5.74, 6) is -0.345. The van der Waals surface area contributed by atoms with Crippen LogP contribution in [0.15, 0.2) is 41.3 Å². The number of anilines is 3. The van der Waals surface area contributed by atoms with Crippen molar-refractivity contribution < 1.29 is 26.3 Å². The summed E-state index contributed by atoms with van der Waals surface area (Å²) in [4.78, 5) is 0.0160. The van der Waals surface area contributed by atoms with E-state index in [1.54, 1.807) is 6.07 Å². The van der Waals surface area contributed by atoms with E-state index < -0.39 is 22.1 Å². The Labute approximate surface area is 148 Å². The van der Waals surface area contributed by atoms with Gasteiger partial charge in [-0.2, -0.15) is 0 Å². The summed E-state index contributed by atoms with van der Waals surface area (Å²) in [6, 6.07) is 7.25. The Morgan fingerprint density at radius 3 is 2.15 bits per heavy atom. The van der Waals surface area contributed by atoms with Gasteiger partial charge in [-0.15, -0.1) is 13.2 Å². The zero-order chi connectivity index (χ0) is 19.1. The van der Waals surface area contributed by atoms with Crippen molar-refractivity contribution in [1.29, 1.82) is 0 Å². The van der Waals surface area contributed by atoms with Crippen molar-refractivity contribution in [3.8, 4) is 5.75 Å². The van der Waals surface area contributed by atoms with Crippen molar-refractivity contribution in [3.05, 3.63) is 42.0 Å². The summed E-state index contributed by atoms with van der Waals surface area (Å²) in [7, 11) is -3.98. The minimum absolute atomic E-state index is 0.0160. The molecule has 140 valence electrons. The third-order valence-electron chi connectivity index (χ3n) is 3.86. The molecular weight excluding hydrogens is 371 g/mol. The Balaban J connectivity index is 1.87. The molecule has 0 aliphatic heterocycles. The summed E-state index contributed by atoms with van der Waals surface area (Å²) >= 11 is 0. The van der Waals surface area contributed by atoms with Crippen LogP contribution in [0.25, 0.3) is 0 Å². The number of alkyl halides is 3. The molecule has 0 spiro atoms. The summed E-state index contributed by atoms with van der Waals surface area (Å²) in [5, 5.41) is 0. The van der Waals surface area contributed by atoms with E-state index in [1.165, 1.54) is 18.2 Å². The molecule has 0 saturated heterocycles. The van der Waals surface area contributed by atoms with E-state index in [0.717, 1.165) is 25.0 Å². The second-order valence-corrected chi connectivity index (χ2v) is 7.62. The second kappa shape index (κ2) is 6.27. The van der Waals surface area contributed by atoms with Crippen LogP contribution in [-0.4, -0.2) is 14.8 Å². The molecule has 2 aromatic rings. The standard InChI is InChI=1S/C16H16F3N3O3S/c17-16(18,19)25-11-5-3-10(4-6-11)22-26(23,24)15-8-14(21)13(20)7-12(15)9-1-2-9/h3-9,22H,1-2,20-21H2. The van der Waals surface area contributed by atoms with Crippen molar-refractivity contribution in [2.24, 2.45) is 0 Å². The molecule has 1 aliphatic carbocycles. The summed E-state index contributed by atoms with van der Waals surface area (Å²) in [5.41, 5.74) is 12.6. The molecule has 0 bridgehead atoms. The van der Waals surface area contributed by atoms with Gasteiger partial charge in [-0.25, -0.2) is 8.42 Å². The van der Waals surface area contributed by atoms with Crippen molar-refractivity contribution in [3.63, 3.8) is 0 Å². The van der Waals surface area contributed by atoms with Crippen LogP contribution in [0.5, 0.6) is 5.75 Å². The van der Waals surface area contributed by atoms with Crippen LogP contribution in [0, 0.1) is 0 Å². The summed E-state index contributed by atoms with van der Waals surface area (Å²) < 4.78 is 68.0. The van der Waals surface area contributed by atoms with Gasteiger partial charge in [0.1, 0.15) is 5.75 Å². The molecule has 3 rings (SSSR count). The topological polar surface area (TPSA) is 107 Å². The number of nitrogens with two attached hydrogens (primary N) is 2. The van der Waals surface area contributed by atoms with Crippen molar-refractivity contribution in [2.75, 3.05) is 16.2 Å². The highest BCUT2D eigenvalue weighted by atomic mass is 32.2. The summed E-state index contributed by atoms with van der Waals surface area (Å²) in [6.07, 6.45) is -3.10. The zero-order valence-corrected chi connectivity index (χ0v) is 14.2. The Hall–Kier alpha value is -2.62. The lowest BCUT2D eigenvalue weighted by atomic mass is 10.1. The van der Waals surface area contributed by atoms with Crippen LogP contribution < -0.4 is 20.9 Å². The number of rotatable bonds is 5. The van der Waals surface area contributed by atoms with Crippen LogP contribution in [0.1, 0.15) is 24.3 Å². The predicted octanol–water partition coefficient (Wildman–Crippen LogP) is 3.43. The molecule has 0 heterocycles. The smallest absolute Gasteiger partial charge is 0.406 e. The minimum atomic E-state index is -4.82. The number of nitrogens with one attached hydrogen (secondary N) is 1. The molecule has 26 heavy (non-hydrogen) atoms. The first kappa shape index (κ1) is 18.2. The lowest BCUT2D eigenvalue weighted by Crippen LogP contribution is -2.17. The number of ether oxygens (including phenoxy) is 1. The van der Waals surface area contributed by atoms with Gasteiger partial charge in [0, 0.05) is 5.69 Å². The van der Waals surface area contributed by atoms with E-state index in [-0.39, 0.29) is 22.2 Å². The molecule has 0 aromatic heterocycles. The van der Waals surface area contributed by atoms with E-state index >= 15 is 0 Å². The largest absolute Gasteiger partial charge is 0.573 e. The monoisotopic (exact) mass is 387 g/mol. The van der Waals surface area contributed by atoms with Crippen LogP contribution in [-0.2, 0) is 10.0 Å². The van der Waals surface area contributed by atoms with E-state index in [1.807, 2.05) is 0 Å². The van der Waals surface area contributed by atoms with Gasteiger partial charge in [-0.05, 0) is 60.7 Å². The fourth-order valence-corrected chi connectivity index (χ4v) is 3.89. The number of sulfonamides is 1. The Morgan fingerprint density at radius 1 is 1.04 bits per heavy atom. The average Bonchev–Trinajstić information content (AvgIpc) is 3.34. The van der Waals surface area contributed by atoms with E-state index in [4.69, 9.17) is 11.5 Å². The van der Waals surface area contributed by atoms with E-state index in [9.17, 15) is 21.6 Å². The van der Waals surface area contributed by atoms with Crippen LogP contribution in [0.3, 0.4) is 0 Å². The lowest BCUT2D eigenvalue weighted by molar-refractivity contribution is -0.274. The highest BCUT2D eigenvalue weighted by Gasteiger charge is 2.32. The molecule has 0 unspecified atom stereocenters. The lowest BCUT2D eigenvalue weighted by Gasteiger charge is -2.15. The number of hydrogen-bond acceptors (Lipinski definition) is 5. The maximum atomic E-state index is 12.7. The van der Waals surface area contributed by atoms with Gasteiger partial charge in [-0.1, -0.05) is 0 Å². The fraction of sp³-hybridized carbons (Fsp3) is 0.250. The normalized spacial score (nSPS) is 14.9. The minimum Gasteiger partial charge on any atom is -0.406 e. The molecule has 1 fully saturated rings. The number of halogens is 3. The van der Waals surface area contributed by atoms with Crippen LogP contribution >= 0.6 is 0 Å². The van der Waals surface area contributed by atoms with E-state index in [0.29, 0.717) is 11.3 Å². The third kappa shape index (κ3) is 4.13. The van der Waals surface area contributed by atoms with Crippen molar-refractivity contribution >= 4 is 27.1 Å². The predicted molar refractivity (Wildman–Crippen MR) is 91.2 cm³/mol. The van der Waals surface area contributed by atoms with Crippen molar-refractivity contribution in [1.82, 2.24) is 0 Å². The molecule has 5 N–H and O–H groups in total. The Bertz CT molecular complexity index is 924. The van der Waals surface area contributed by atoms with Gasteiger partial charge in [-0.3, -0.25) is 4.72 Å². The molecule has 6 nitrogen and oxygen atoms in total. The quantitative estimate of drug-likeness (QED) is 0.682. The van der Waals surface area contributed by atoms with Gasteiger partial charge < -0.3 is 16.2 Å². The van der Waals surface area contributed by atoms with Crippen LogP contribution in [0.4, 0.5) is 30.2 Å². The first-order valence-corrected chi connectivity index (χ1v) is 9.11. The highest BCUT2D eigenvalue weighted by molar-refractivity contribution is 7.92. The third-order valence-corrected chi connectivity index (χ3v) is 5.30. The Kier molecular flexibility index (Phi) is 4.39. The molecule has 0 radical (unpaired) electrons. The number of benzene rings is 2. The maximum absolute atomic E-state index is 12.7. The maximum Gasteiger partial charge on any atom is 0.573 e. The van der Waals surface area contributed by atoms with Gasteiger partial charge in [0.25, 0.3) is 10.0 Å². The molecule has 10 heteroatoms. The van der Waals surface area contributed by atoms with Gasteiger partial charge in [0.15, 0.2) is 0 Å². The first-order valence-electron chi connectivity index (χ1n) is 7.63. The molecule has 1 aliphatic rings. The first-order chi connectivity index (χ1) is 12.0.